The zero-order valence-electron chi connectivity index (χ0n) is 14.4. The fraction of sp³-hybridized carbons (Fsp3) is 0.647. The van der Waals surface area contributed by atoms with Crippen LogP contribution in [0.5, 0.6) is 0 Å². The highest BCUT2D eigenvalue weighted by atomic mass is 16.5. The van der Waals surface area contributed by atoms with E-state index in [0.29, 0.717) is 31.8 Å². The van der Waals surface area contributed by atoms with Gasteiger partial charge in [0.2, 0.25) is 5.91 Å². The molecule has 0 aromatic heterocycles. The lowest BCUT2D eigenvalue weighted by atomic mass is 10.1. The lowest BCUT2D eigenvalue weighted by Crippen LogP contribution is -2.40. The van der Waals surface area contributed by atoms with Gasteiger partial charge in [0.05, 0.1) is 12.3 Å². The van der Waals surface area contributed by atoms with Crippen LogP contribution in [0.2, 0.25) is 0 Å². The number of carboxylic acids is 1. The van der Waals surface area contributed by atoms with E-state index in [0.717, 1.165) is 0 Å². The summed E-state index contributed by atoms with van der Waals surface area (Å²) in [6, 6.07) is -0.482. The minimum absolute atomic E-state index is 0.0309. The SMILES string of the molecule is CC=CC1CC(C(=O)O)N(C[C@@H](C)C(=COCC)NC(C)=O)C1. The Kier molecular flexibility index (Phi) is 7.81. The smallest absolute Gasteiger partial charge is 0.320 e. The molecule has 2 unspecified atom stereocenters. The summed E-state index contributed by atoms with van der Waals surface area (Å²) in [6.45, 7) is 9.02. The maximum Gasteiger partial charge on any atom is 0.320 e. The molecule has 23 heavy (non-hydrogen) atoms. The van der Waals surface area contributed by atoms with Gasteiger partial charge in [-0.15, -0.1) is 0 Å². The van der Waals surface area contributed by atoms with Crippen LogP contribution in [0, 0.1) is 11.8 Å². The summed E-state index contributed by atoms with van der Waals surface area (Å²) in [5.74, 6) is -0.727. The molecule has 0 saturated carbocycles. The first-order valence-corrected chi connectivity index (χ1v) is 8.07. The van der Waals surface area contributed by atoms with E-state index in [1.54, 1.807) is 6.26 Å². The number of carbonyl (C=O) groups excluding carboxylic acids is 1. The summed E-state index contributed by atoms with van der Waals surface area (Å²) in [5.41, 5.74) is 0.679. The van der Waals surface area contributed by atoms with Crippen molar-refractivity contribution in [2.45, 2.75) is 40.2 Å². The van der Waals surface area contributed by atoms with Crippen molar-refractivity contribution in [3.05, 3.63) is 24.1 Å². The van der Waals surface area contributed by atoms with Gasteiger partial charge in [-0.2, -0.15) is 0 Å². The molecule has 1 saturated heterocycles. The molecule has 1 rings (SSSR count). The summed E-state index contributed by atoms with van der Waals surface area (Å²) in [5, 5.41) is 12.2. The maximum absolute atomic E-state index is 11.5. The number of carbonyl (C=O) groups is 2. The van der Waals surface area contributed by atoms with E-state index in [2.05, 4.69) is 11.4 Å². The lowest BCUT2D eigenvalue weighted by molar-refractivity contribution is -0.142. The number of aliphatic carboxylic acids is 1. The molecule has 2 N–H and O–H groups in total. The predicted octanol–water partition coefficient (Wildman–Crippen LogP) is 1.99. The topological polar surface area (TPSA) is 78.9 Å². The van der Waals surface area contributed by atoms with E-state index in [9.17, 15) is 14.7 Å². The van der Waals surface area contributed by atoms with Crippen LogP contribution in [0.25, 0.3) is 0 Å². The van der Waals surface area contributed by atoms with Crippen LogP contribution in [0.1, 0.15) is 34.1 Å². The van der Waals surface area contributed by atoms with Gasteiger partial charge in [-0.3, -0.25) is 14.5 Å². The van der Waals surface area contributed by atoms with Crippen molar-refractivity contribution in [3.63, 3.8) is 0 Å². The molecule has 3 atom stereocenters. The van der Waals surface area contributed by atoms with Crippen molar-refractivity contribution in [2.24, 2.45) is 11.8 Å². The van der Waals surface area contributed by atoms with Gasteiger partial charge in [-0.05, 0) is 26.2 Å². The number of hydrogen-bond acceptors (Lipinski definition) is 4. The highest BCUT2D eigenvalue weighted by Gasteiger charge is 2.36. The van der Waals surface area contributed by atoms with Gasteiger partial charge in [0.25, 0.3) is 0 Å². The molecule has 1 heterocycles. The van der Waals surface area contributed by atoms with E-state index >= 15 is 0 Å². The van der Waals surface area contributed by atoms with E-state index < -0.39 is 12.0 Å². The third kappa shape index (κ3) is 6.06. The molecular formula is C17H28N2O4. The number of amides is 1. The average molecular weight is 324 g/mol. The molecule has 0 aromatic carbocycles. The van der Waals surface area contributed by atoms with Crippen LogP contribution in [-0.4, -0.2) is 47.6 Å². The van der Waals surface area contributed by atoms with Gasteiger partial charge in [-0.25, -0.2) is 0 Å². The van der Waals surface area contributed by atoms with E-state index in [1.807, 2.05) is 31.7 Å². The quantitative estimate of drug-likeness (QED) is 0.527. The van der Waals surface area contributed by atoms with Crippen LogP contribution in [-0.2, 0) is 14.3 Å². The highest BCUT2D eigenvalue weighted by Crippen LogP contribution is 2.26. The monoisotopic (exact) mass is 324 g/mol. The maximum atomic E-state index is 11.5. The van der Waals surface area contributed by atoms with Gasteiger partial charge in [0.1, 0.15) is 12.3 Å². The molecule has 1 aliphatic rings. The van der Waals surface area contributed by atoms with Crippen molar-refractivity contribution in [2.75, 3.05) is 19.7 Å². The van der Waals surface area contributed by atoms with Crippen molar-refractivity contribution < 1.29 is 19.4 Å². The van der Waals surface area contributed by atoms with Crippen LogP contribution in [0.4, 0.5) is 0 Å². The molecule has 6 nitrogen and oxygen atoms in total. The van der Waals surface area contributed by atoms with Crippen molar-refractivity contribution in [1.82, 2.24) is 10.2 Å². The Morgan fingerprint density at radius 2 is 2.17 bits per heavy atom. The molecule has 1 fully saturated rings. The summed E-state index contributed by atoms with van der Waals surface area (Å²) in [4.78, 5) is 24.8. The largest absolute Gasteiger partial charge is 0.500 e. The molecule has 1 amide bonds. The van der Waals surface area contributed by atoms with Gasteiger partial charge in [-0.1, -0.05) is 19.1 Å². The second-order valence-electron chi connectivity index (χ2n) is 5.94. The fourth-order valence-corrected chi connectivity index (χ4v) is 2.90. The first kappa shape index (κ1) is 19.2. The van der Waals surface area contributed by atoms with Crippen LogP contribution in [0.3, 0.4) is 0 Å². The zero-order chi connectivity index (χ0) is 17.4. The third-order valence-electron chi connectivity index (χ3n) is 3.92. The normalized spacial score (nSPS) is 23.9. The van der Waals surface area contributed by atoms with Crippen LogP contribution in [0.15, 0.2) is 24.1 Å². The molecule has 0 bridgehead atoms. The van der Waals surface area contributed by atoms with E-state index in [4.69, 9.17) is 4.74 Å². The number of rotatable bonds is 8. The minimum atomic E-state index is -0.793. The number of ether oxygens (including phenoxy) is 1. The Labute approximate surface area is 138 Å². The second-order valence-corrected chi connectivity index (χ2v) is 5.94. The number of nitrogens with zero attached hydrogens (tertiary/aromatic N) is 1. The average Bonchev–Trinajstić information content (AvgIpc) is 2.86. The Hall–Kier alpha value is -1.82. The predicted molar refractivity (Wildman–Crippen MR) is 88.6 cm³/mol. The summed E-state index contributed by atoms with van der Waals surface area (Å²) in [7, 11) is 0. The summed E-state index contributed by atoms with van der Waals surface area (Å²) in [6.07, 6.45) is 6.21. The molecule has 130 valence electrons. The number of allylic oxidation sites excluding steroid dienone is 1. The first-order valence-electron chi connectivity index (χ1n) is 8.07. The van der Waals surface area contributed by atoms with Crippen LogP contribution >= 0.6 is 0 Å². The highest BCUT2D eigenvalue weighted by molar-refractivity contribution is 5.75. The first-order chi connectivity index (χ1) is 10.9. The number of likely N-dealkylation sites (tertiary alicyclic amines) is 1. The molecule has 0 aromatic rings. The fourth-order valence-electron chi connectivity index (χ4n) is 2.90. The summed E-state index contributed by atoms with van der Waals surface area (Å²) < 4.78 is 5.29. The lowest BCUT2D eigenvalue weighted by Gasteiger charge is -2.26. The Balaban J connectivity index is 2.80. The van der Waals surface area contributed by atoms with Crippen molar-refractivity contribution in [1.29, 1.82) is 0 Å². The van der Waals surface area contributed by atoms with Crippen molar-refractivity contribution >= 4 is 11.9 Å². The number of nitrogens with one attached hydrogen (secondary N) is 1. The Morgan fingerprint density at radius 1 is 1.48 bits per heavy atom. The molecular weight excluding hydrogens is 296 g/mol. The molecule has 0 radical (unpaired) electrons. The van der Waals surface area contributed by atoms with E-state index in [-0.39, 0.29) is 17.7 Å². The number of hydrogen-bond donors (Lipinski definition) is 2. The van der Waals surface area contributed by atoms with Gasteiger partial charge >= 0.3 is 5.97 Å². The molecule has 6 heteroatoms. The molecule has 0 spiro atoms. The second kappa shape index (κ2) is 9.35. The van der Waals surface area contributed by atoms with Crippen LogP contribution < -0.4 is 5.32 Å². The Bertz CT molecular complexity index is 473. The van der Waals surface area contributed by atoms with Gasteiger partial charge in [0.15, 0.2) is 0 Å². The zero-order valence-corrected chi connectivity index (χ0v) is 14.4. The van der Waals surface area contributed by atoms with Crippen molar-refractivity contribution in [3.8, 4) is 0 Å². The third-order valence-corrected chi connectivity index (χ3v) is 3.92. The van der Waals surface area contributed by atoms with Gasteiger partial charge in [0, 0.05) is 25.9 Å². The standard InChI is InChI=1S/C17H28N2O4/c1-5-7-14-8-16(17(21)22)19(10-14)9-12(3)15(11-23-6-2)18-13(4)20/h5,7,11-12,14,16H,6,8-10H2,1-4H3,(H,18,20)(H,21,22)/t12-,14?,16?/m1/s1. The van der Waals surface area contributed by atoms with Gasteiger partial charge < -0.3 is 15.2 Å². The van der Waals surface area contributed by atoms with E-state index in [1.165, 1.54) is 6.92 Å². The Morgan fingerprint density at radius 3 is 2.70 bits per heavy atom. The molecule has 1 aliphatic heterocycles. The summed E-state index contributed by atoms with van der Waals surface area (Å²) >= 11 is 0. The minimum Gasteiger partial charge on any atom is -0.500 e. The molecule has 0 aliphatic carbocycles. The number of carboxylic acid groups (broad SMARTS) is 1.